The Morgan fingerprint density at radius 1 is 0.750 bits per heavy atom. The third-order valence-corrected chi connectivity index (χ3v) is 9.93. The molecule has 1 aliphatic heterocycles. The van der Waals surface area contributed by atoms with E-state index >= 15 is 0 Å². The molecule has 0 aromatic rings. The first-order valence-corrected chi connectivity index (χ1v) is 12.1. The summed E-state index contributed by atoms with van der Waals surface area (Å²) in [6.45, 7) is 14.3. The van der Waals surface area contributed by atoms with Gasteiger partial charge in [-0.1, -0.05) is 4.60 Å². The lowest BCUT2D eigenvalue weighted by Gasteiger charge is -2.44. The second kappa shape index (κ2) is 12.2. The van der Waals surface area contributed by atoms with Crippen LogP contribution in [0.1, 0.15) is 41.5 Å². The van der Waals surface area contributed by atoms with Crippen molar-refractivity contribution in [3.8, 4) is 0 Å². The van der Waals surface area contributed by atoms with Crippen LogP contribution < -0.4 is 0 Å². The van der Waals surface area contributed by atoms with E-state index in [1.54, 1.807) is 9.21 Å². The minimum atomic E-state index is -2.83. The van der Waals surface area contributed by atoms with Crippen LogP contribution in [0.3, 0.4) is 0 Å². The van der Waals surface area contributed by atoms with Gasteiger partial charge < -0.3 is 18.1 Å². The van der Waals surface area contributed by atoms with E-state index in [9.17, 15) is 0 Å². The van der Waals surface area contributed by atoms with Crippen LogP contribution in [0.4, 0.5) is 0 Å². The second-order valence-electron chi connectivity index (χ2n) is 4.10. The van der Waals surface area contributed by atoms with Gasteiger partial charge in [-0.05, 0) is 46.1 Å². The van der Waals surface area contributed by atoms with Gasteiger partial charge in [0, 0.05) is 0 Å². The highest BCUT2D eigenvalue weighted by Gasteiger charge is 2.51. The average Bonchev–Trinajstić information content (AvgIpc) is 2.55. The lowest BCUT2D eigenvalue weighted by Crippen LogP contribution is -2.31. The predicted octanol–water partition coefficient (Wildman–Crippen LogP) is 5.05. The Balaban J connectivity index is 3.39. The molecule has 1 heterocycles. The molecule has 1 aliphatic rings. The second-order valence-corrected chi connectivity index (χ2v) is 9.92. The van der Waals surface area contributed by atoms with E-state index in [0.717, 1.165) is 0 Å². The molecule has 144 valence electrons. The first-order chi connectivity index (χ1) is 11.6. The molecule has 0 saturated carbocycles. The van der Waals surface area contributed by atoms with E-state index in [1.807, 2.05) is 41.5 Å². The molecular formula is C12H30N3O6P3. The van der Waals surface area contributed by atoms with Gasteiger partial charge in [0.25, 0.3) is 16.9 Å². The third kappa shape index (κ3) is 5.63. The van der Waals surface area contributed by atoms with Crippen molar-refractivity contribution < 1.29 is 27.8 Å². The highest BCUT2D eigenvalue weighted by molar-refractivity contribution is 7.78. The zero-order valence-electron chi connectivity index (χ0n) is 15.4. The molecule has 12 heteroatoms. The molecule has 2 atom stereocenters. The first-order valence-electron chi connectivity index (χ1n) is 8.27. The fraction of sp³-hybridized carbons (Fsp3) is 1.00. The van der Waals surface area contributed by atoms with Crippen molar-refractivity contribution >= 4 is 24.6 Å². The van der Waals surface area contributed by atoms with E-state index < -0.39 is 24.6 Å². The zero-order valence-corrected chi connectivity index (χ0v) is 18.1. The lowest BCUT2D eigenvalue weighted by atomic mass is 10.9. The molecule has 0 bridgehead atoms. The van der Waals surface area contributed by atoms with Gasteiger partial charge in [0.15, 0.2) is 0 Å². The maximum atomic E-state index is 5.97. The van der Waals surface area contributed by atoms with Gasteiger partial charge in [0.1, 0.15) is 0 Å². The maximum Gasteiger partial charge on any atom is 0.328 e. The largest absolute Gasteiger partial charge is 0.328 e. The Morgan fingerprint density at radius 3 is 1.79 bits per heavy atom. The van der Waals surface area contributed by atoms with Gasteiger partial charge in [-0.15, -0.1) is 0 Å². The van der Waals surface area contributed by atoms with Gasteiger partial charge in [-0.25, -0.2) is 0 Å². The summed E-state index contributed by atoms with van der Waals surface area (Å²) < 4.78 is 31.8. The molecular weight excluding hydrogens is 375 g/mol. The molecule has 9 nitrogen and oxygen atoms in total. The van der Waals surface area contributed by atoms with Crippen LogP contribution in [-0.4, -0.2) is 48.8 Å². The van der Waals surface area contributed by atoms with Crippen LogP contribution in [0.15, 0.2) is 4.52 Å². The SMILES string of the molecule is CCON1P(OCC)N=P(OCC)(OCC)N(OCC)P1OCC. The van der Waals surface area contributed by atoms with Crippen LogP contribution in [0.2, 0.25) is 0 Å². The van der Waals surface area contributed by atoms with Crippen molar-refractivity contribution in [2.75, 3.05) is 39.6 Å². The normalized spacial score (nSPS) is 24.9. The van der Waals surface area contributed by atoms with Crippen molar-refractivity contribution in [1.82, 2.24) is 9.21 Å². The molecule has 0 amide bonds. The van der Waals surface area contributed by atoms with Gasteiger partial charge in [0.05, 0.1) is 39.6 Å². The van der Waals surface area contributed by atoms with E-state index in [-0.39, 0.29) is 0 Å². The van der Waals surface area contributed by atoms with Gasteiger partial charge in [0.2, 0.25) is 0 Å². The van der Waals surface area contributed by atoms with E-state index in [4.69, 9.17) is 32.3 Å². The van der Waals surface area contributed by atoms with Crippen molar-refractivity contribution in [2.45, 2.75) is 41.5 Å². The first kappa shape index (κ1) is 22.8. The summed E-state index contributed by atoms with van der Waals surface area (Å²) >= 11 is 0. The topological polar surface area (TPSA) is 74.2 Å². The minimum absolute atomic E-state index is 0.440. The Hall–Kier alpha value is 0.770. The number of hydrogen-bond donors (Lipinski definition) is 0. The van der Waals surface area contributed by atoms with Gasteiger partial charge in [-0.3, -0.25) is 9.68 Å². The monoisotopic (exact) mass is 405 g/mol. The van der Waals surface area contributed by atoms with Crippen molar-refractivity contribution in [3.05, 3.63) is 0 Å². The highest BCUT2D eigenvalue weighted by atomic mass is 31.3. The van der Waals surface area contributed by atoms with E-state index in [0.29, 0.717) is 39.6 Å². The molecule has 0 aromatic carbocycles. The zero-order chi connectivity index (χ0) is 18.0. The molecule has 0 fully saturated rings. The van der Waals surface area contributed by atoms with Crippen LogP contribution in [0.25, 0.3) is 0 Å². The van der Waals surface area contributed by atoms with E-state index in [2.05, 4.69) is 0 Å². The molecule has 0 radical (unpaired) electrons. The fourth-order valence-corrected chi connectivity index (χ4v) is 9.79. The molecule has 2 unspecified atom stereocenters. The third-order valence-electron chi connectivity index (χ3n) is 2.42. The highest BCUT2D eigenvalue weighted by Crippen LogP contribution is 2.79. The number of nitrogens with zero attached hydrogens (tertiary/aromatic N) is 3. The van der Waals surface area contributed by atoms with Gasteiger partial charge in [-0.2, -0.15) is 4.52 Å². The standard InChI is InChI=1S/C12H30N3O6P3/c1-7-16-14-22(18-9-3)13-24(20-11-5,21-12-6)15(17-8-2)23(14)19-10-4/h7-12H2,1-6H3. The molecule has 0 N–H and O–H groups in total. The summed E-state index contributed by atoms with van der Waals surface area (Å²) in [5.41, 5.74) is 0. The van der Waals surface area contributed by atoms with Crippen molar-refractivity contribution in [1.29, 1.82) is 0 Å². The Morgan fingerprint density at radius 2 is 1.33 bits per heavy atom. The summed E-state index contributed by atoms with van der Waals surface area (Å²) in [7, 11) is -5.69. The number of rotatable bonds is 12. The number of hydrogen-bond acceptors (Lipinski definition) is 9. The van der Waals surface area contributed by atoms with Crippen molar-refractivity contribution in [3.63, 3.8) is 0 Å². The average molecular weight is 405 g/mol. The maximum absolute atomic E-state index is 5.97. The van der Waals surface area contributed by atoms with Crippen LogP contribution in [0.5, 0.6) is 0 Å². The summed E-state index contributed by atoms with van der Waals surface area (Å²) in [5.74, 6) is 0. The molecule has 0 spiro atoms. The molecule has 0 aliphatic carbocycles. The molecule has 0 saturated heterocycles. The van der Waals surface area contributed by atoms with Crippen LogP contribution in [-0.2, 0) is 27.8 Å². The lowest BCUT2D eigenvalue weighted by molar-refractivity contribution is -0.0753. The van der Waals surface area contributed by atoms with E-state index in [1.165, 1.54) is 0 Å². The Kier molecular flexibility index (Phi) is 11.6. The summed E-state index contributed by atoms with van der Waals surface area (Å²) in [6, 6.07) is 0. The quantitative estimate of drug-likeness (QED) is 0.418. The smallest absolute Gasteiger partial charge is 0.328 e. The van der Waals surface area contributed by atoms with Gasteiger partial charge >= 0.3 is 7.66 Å². The minimum Gasteiger partial charge on any atom is -0.328 e. The Labute approximate surface area is 147 Å². The van der Waals surface area contributed by atoms with Crippen molar-refractivity contribution in [2.24, 2.45) is 4.52 Å². The Bertz CT molecular complexity index is 396. The fourth-order valence-electron chi connectivity index (χ4n) is 1.77. The van der Waals surface area contributed by atoms with Crippen LogP contribution in [0, 0.1) is 0 Å². The summed E-state index contributed by atoms with van der Waals surface area (Å²) in [4.78, 5) is 11.6. The summed E-state index contributed by atoms with van der Waals surface area (Å²) in [5, 5.41) is 0. The molecule has 0 aromatic heterocycles. The predicted molar refractivity (Wildman–Crippen MR) is 96.6 cm³/mol. The molecule has 24 heavy (non-hydrogen) atoms. The summed E-state index contributed by atoms with van der Waals surface area (Å²) in [6.07, 6.45) is 0. The van der Waals surface area contributed by atoms with Crippen LogP contribution >= 0.6 is 24.6 Å². The molecule has 1 rings (SSSR count).